The first-order valence-corrected chi connectivity index (χ1v) is 19.6. The smallest absolute Gasteiger partial charge is 0.393 e. The van der Waals surface area contributed by atoms with Gasteiger partial charge < -0.3 is 21.5 Å². The summed E-state index contributed by atoms with van der Waals surface area (Å²) in [6.45, 7) is 15.5. The number of rotatable bonds is 12. The SMILES string of the molecule is CCCCC[Si]1(C)OC(C)C2O[Si](CCCCC)(O1)O[Si](C)(CCCCC)OC2C. The summed E-state index contributed by atoms with van der Waals surface area (Å²) in [5, 5.41) is 0. The maximum Gasteiger partial charge on any atom is 0.483 e. The number of fused-ring (bicyclic) bond motifs is 2. The highest BCUT2D eigenvalue weighted by Crippen LogP contribution is 2.41. The minimum atomic E-state index is -2.87. The van der Waals surface area contributed by atoms with Crippen LogP contribution in [0, 0.1) is 0 Å². The van der Waals surface area contributed by atoms with Crippen molar-refractivity contribution < 1.29 is 21.5 Å². The molecule has 178 valence electrons. The number of unbranched alkanes of at least 4 members (excludes halogenated alkanes) is 6. The predicted octanol–water partition coefficient (Wildman–Crippen LogP) is 6.90. The molecular formula is C22H48O5Si3. The molecule has 5 nitrogen and oxygen atoms in total. The van der Waals surface area contributed by atoms with Crippen LogP contribution in [-0.2, 0) is 21.5 Å². The third kappa shape index (κ3) is 7.50. The Labute approximate surface area is 189 Å². The molecule has 0 N–H and O–H groups in total. The average molecular weight is 477 g/mol. The van der Waals surface area contributed by atoms with Gasteiger partial charge in [0.15, 0.2) is 0 Å². The van der Waals surface area contributed by atoms with E-state index in [1.165, 1.54) is 38.5 Å². The van der Waals surface area contributed by atoms with Gasteiger partial charge in [-0.05, 0) is 45.5 Å². The first-order valence-electron chi connectivity index (χ1n) is 12.6. The molecule has 4 unspecified atom stereocenters. The highest BCUT2D eigenvalue weighted by Gasteiger charge is 2.60. The highest BCUT2D eigenvalue weighted by molar-refractivity contribution is 6.84. The van der Waals surface area contributed by atoms with Gasteiger partial charge in [-0.2, -0.15) is 0 Å². The molecule has 0 radical (unpaired) electrons. The first-order chi connectivity index (χ1) is 14.2. The molecule has 0 amide bonds. The molecule has 0 aromatic carbocycles. The number of hydrogen-bond acceptors (Lipinski definition) is 5. The molecule has 2 bridgehead atoms. The van der Waals surface area contributed by atoms with Gasteiger partial charge in [0.25, 0.3) is 0 Å². The van der Waals surface area contributed by atoms with Crippen molar-refractivity contribution in [3.8, 4) is 0 Å². The summed E-state index contributed by atoms with van der Waals surface area (Å²) in [6, 6.07) is 2.95. The van der Waals surface area contributed by atoms with Gasteiger partial charge in [-0.3, -0.25) is 0 Å². The van der Waals surface area contributed by atoms with Crippen molar-refractivity contribution in [2.75, 3.05) is 0 Å². The summed E-state index contributed by atoms with van der Waals surface area (Å²) >= 11 is 0. The lowest BCUT2D eigenvalue weighted by atomic mass is 10.1. The molecule has 0 spiro atoms. The van der Waals surface area contributed by atoms with Crippen LogP contribution in [0.3, 0.4) is 0 Å². The Bertz CT molecular complexity index is 477. The fourth-order valence-corrected chi connectivity index (χ4v) is 18.5. The second-order valence-electron chi connectivity index (χ2n) is 9.75. The average Bonchev–Trinajstić information content (AvgIpc) is 2.83. The van der Waals surface area contributed by atoms with Gasteiger partial charge in [0.05, 0.1) is 18.3 Å². The van der Waals surface area contributed by atoms with E-state index in [4.69, 9.17) is 21.5 Å². The largest absolute Gasteiger partial charge is 0.483 e. The van der Waals surface area contributed by atoms with E-state index in [2.05, 4.69) is 47.7 Å². The lowest BCUT2D eigenvalue weighted by Crippen LogP contribution is -2.58. The molecule has 2 aliphatic heterocycles. The van der Waals surface area contributed by atoms with Crippen LogP contribution < -0.4 is 0 Å². The van der Waals surface area contributed by atoms with Crippen molar-refractivity contribution >= 4 is 25.9 Å². The quantitative estimate of drug-likeness (QED) is 0.226. The maximum absolute atomic E-state index is 7.02. The molecule has 0 aromatic rings. The summed E-state index contributed by atoms with van der Waals surface area (Å²) in [5.41, 5.74) is 0. The maximum atomic E-state index is 7.02. The van der Waals surface area contributed by atoms with Crippen LogP contribution >= 0.6 is 0 Å². The molecule has 0 saturated carbocycles. The van der Waals surface area contributed by atoms with Gasteiger partial charge >= 0.3 is 25.9 Å². The fraction of sp³-hybridized carbons (Fsp3) is 1.00. The van der Waals surface area contributed by atoms with Gasteiger partial charge in [-0.15, -0.1) is 0 Å². The minimum Gasteiger partial charge on any atom is -0.393 e. The third-order valence-corrected chi connectivity index (χ3v) is 18.2. The summed E-state index contributed by atoms with van der Waals surface area (Å²) in [7, 11) is -7.63. The van der Waals surface area contributed by atoms with E-state index in [0.29, 0.717) is 0 Å². The minimum absolute atomic E-state index is 0.0190. The van der Waals surface area contributed by atoms with Crippen LogP contribution in [0.5, 0.6) is 0 Å². The van der Waals surface area contributed by atoms with Crippen molar-refractivity contribution in [2.45, 2.75) is 142 Å². The summed E-state index contributed by atoms with van der Waals surface area (Å²) < 4.78 is 34.2. The van der Waals surface area contributed by atoms with Crippen molar-refractivity contribution in [3.05, 3.63) is 0 Å². The zero-order chi connectivity index (χ0) is 22.3. The molecule has 4 atom stereocenters. The second-order valence-corrected chi connectivity index (χ2v) is 19.5. The van der Waals surface area contributed by atoms with Gasteiger partial charge in [-0.25, -0.2) is 0 Å². The normalized spacial score (nSPS) is 39.5. The Balaban J connectivity index is 2.34. The molecule has 2 heterocycles. The molecule has 2 aliphatic rings. The molecule has 0 aliphatic carbocycles. The van der Waals surface area contributed by atoms with Crippen LogP contribution in [0.1, 0.15) is 92.4 Å². The Kier molecular flexibility index (Phi) is 10.7. The fourth-order valence-electron chi connectivity index (χ4n) is 4.84. The van der Waals surface area contributed by atoms with Crippen molar-refractivity contribution in [3.63, 3.8) is 0 Å². The molecular weight excluding hydrogens is 428 g/mol. The van der Waals surface area contributed by atoms with E-state index in [-0.39, 0.29) is 18.3 Å². The van der Waals surface area contributed by atoms with Crippen molar-refractivity contribution in [1.29, 1.82) is 0 Å². The summed E-state index contributed by atoms with van der Waals surface area (Å²) in [6.07, 6.45) is 10.5. The zero-order valence-electron chi connectivity index (χ0n) is 20.8. The molecule has 30 heavy (non-hydrogen) atoms. The highest BCUT2D eigenvalue weighted by atomic mass is 28.5. The lowest BCUT2D eigenvalue weighted by Gasteiger charge is -2.39. The van der Waals surface area contributed by atoms with E-state index in [1.54, 1.807) is 0 Å². The zero-order valence-corrected chi connectivity index (χ0v) is 23.8. The standard InChI is InChI=1S/C22H48O5Si3/c1-8-11-14-17-28(6)23-20(4)22-21(5)24-29(7,18-15-12-9-2)27-30(25-22,26-28)19-16-13-10-3/h20-22H,8-19H2,1-7H3. The molecule has 2 rings (SSSR count). The van der Waals surface area contributed by atoms with Crippen LogP contribution in [0.25, 0.3) is 0 Å². The molecule has 2 saturated heterocycles. The molecule has 2 fully saturated rings. The predicted molar refractivity (Wildman–Crippen MR) is 130 cm³/mol. The first kappa shape index (κ1) is 26.7. The lowest BCUT2D eigenvalue weighted by molar-refractivity contribution is -0.00905. The van der Waals surface area contributed by atoms with Gasteiger partial charge in [0, 0.05) is 6.04 Å². The van der Waals surface area contributed by atoms with E-state index in [1.807, 2.05) is 0 Å². The van der Waals surface area contributed by atoms with E-state index < -0.39 is 25.9 Å². The van der Waals surface area contributed by atoms with Gasteiger partial charge in [0.1, 0.15) is 0 Å². The van der Waals surface area contributed by atoms with E-state index in [9.17, 15) is 0 Å². The second kappa shape index (κ2) is 12.1. The van der Waals surface area contributed by atoms with Crippen molar-refractivity contribution in [2.24, 2.45) is 0 Å². The van der Waals surface area contributed by atoms with E-state index in [0.717, 1.165) is 37.4 Å². The Morgan fingerprint density at radius 2 is 0.967 bits per heavy atom. The van der Waals surface area contributed by atoms with Crippen LogP contribution in [0.2, 0.25) is 31.2 Å². The topological polar surface area (TPSA) is 46.2 Å². The Hall–Kier alpha value is 0.451. The van der Waals surface area contributed by atoms with Crippen LogP contribution in [0.15, 0.2) is 0 Å². The van der Waals surface area contributed by atoms with Crippen LogP contribution in [-0.4, -0.2) is 44.2 Å². The molecule has 0 aromatic heterocycles. The van der Waals surface area contributed by atoms with Crippen LogP contribution in [0.4, 0.5) is 0 Å². The Morgan fingerprint density at radius 1 is 0.567 bits per heavy atom. The summed E-state index contributed by atoms with van der Waals surface area (Å²) in [4.78, 5) is 0. The monoisotopic (exact) mass is 476 g/mol. The third-order valence-electron chi connectivity index (χ3n) is 6.41. The van der Waals surface area contributed by atoms with Gasteiger partial charge in [0.2, 0.25) is 0 Å². The Morgan fingerprint density at radius 3 is 1.37 bits per heavy atom. The summed E-state index contributed by atoms with van der Waals surface area (Å²) in [5.74, 6) is 0. The van der Waals surface area contributed by atoms with Crippen molar-refractivity contribution in [1.82, 2.24) is 0 Å². The number of hydrogen-bond donors (Lipinski definition) is 0. The molecule has 8 heteroatoms. The van der Waals surface area contributed by atoms with E-state index >= 15 is 0 Å². The van der Waals surface area contributed by atoms with Gasteiger partial charge in [-0.1, -0.05) is 72.1 Å².